The predicted octanol–water partition coefficient (Wildman–Crippen LogP) is 2.37. The second kappa shape index (κ2) is 5.48. The Kier molecular flexibility index (Phi) is 3.78. The van der Waals surface area contributed by atoms with Crippen LogP contribution in [0, 0.1) is 5.92 Å². The van der Waals surface area contributed by atoms with Crippen molar-refractivity contribution in [2.24, 2.45) is 5.92 Å². The van der Waals surface area contributed by atoms with Crippen LogP contribution in [-0.4, -0.2) is 32.9 Å². The molecule has 0 bridgehead atoms. The number of sulfonamides is 1. The normalized spacial score (nSPS) is 25.0. The molecule has 2 aliphatic rings. The Morgan fingerprint density at radius 3 is 2.82 bits per heavy atom. The largest absolute Gasteiger partial charge is 0.497 e. The number of benzene rings is 1. The van der Waals surface area contributed by atoms with E-state index in [1.165, 1.54) is 9.53 Å². The lowest BCUT2D eigenvalue weighted by Gasteiger charge is -2.30. The summed E-state index contributed by atoms with van der Waals surface area (Å²) in [6, 6.07) is 5.36. The molecule has 0 fully saturated rings. The third-order valence-electron chi connectivity index (χ3n) is 4.11. The number of hydrogen-bond donors (Lipinski definition) is 1. The second-order valence-corrected chi connectivity index (χ2v) is 7.83. The molecule has 2 unspecified atom stereocenters. The summed E-state index contributed by atoms with van der Waals surface area (Å²) in [6.07, 6.45) is 5.35. The molecular weight excluding hydrogens is 302 g/mol. The quantitative estimate of drug-likeness (QED) is 0.865. The molecule has 1 aliphatic heterocycles. The van der Waals surface area contributed by atoms with E-state index in [9.17, 15) is 8.42 Å². The zero-order valence-corrected chi connectivity index (χ0v) is 13.8. The van der Waals surface area contributed by atoms with E-state index >= 15 is 0 Å². The predicted molar refractivity (Wildman–Crippen MR) is 87.1 cm³/mol. The molecule has 1 aliphatic carbocycles. The highest BCUT2D eigenvalue weighted by Gasteiger charge is 2.39. The Labute approximate surface area is 131 Å². The van der Waals surface area contributed by atoms with Crippen molar-refractivity contribution in [3.8, 4) is 5.75 Å². The topological polar surface area (TPSA) is 61.9 Å². The number of nitrogens with one attached hydrogen (secondary N) is 1. The van der Waals surface area contributed by atoms with Crippen LogP contribution in [0.1, 0.15) is 19.8 Å². The highest BCUT2D eigenvalue weighted by molar-refractivity contribution is 7.93. The fraction of sp³-hybridized carbons (Fsp3) is 0.467. The lowest BCUT2D eigenvalue weighted by atomic mass is 9.96. The van der Waals surface area contributed by atoms with E-state index in [0.717, 1.165) is 12.1 Å². The Morgan fingerprint density at radius 2 is 2.14 bits per heavy atom. The lowest BCUT2D eigenvalue weighted by Crippen LogP contribution is -2.47. The van der Waals surface area contributed by atoms with Gasteiger partial charge in [0.2, 0.25) is 0 Å². The van der Waals surface area contributed by atoms with Gasteiger partial charge in [-0.15, -0.1) is 5.12 Å². The van der Waals surface area contributed by atoms with E-state index in [2.05, 4.69) is 12.3 Å². The lowest BCUT2D eigenvalue weighted by molar-refractivity contribution is 0.413. The van der Waals surface area contributed by atoms with Crippen LogP contribution < -0.4 is 14.6 Å². The van der Waals surface area contributed by atoms with Crippen molar-refractivity contribution < 1.29 is 13.2 Å². The molecule has 0 amide bonds. The highest BCUT2D eigenvalue weighted by atomic mass is 32.2. The van der Waals surface area contributed by atoms with Crippen LogP contribution in [0.25, 0.3) is 0 Å². The zero-order chi connectivity index (χ0) is 15.9. The molecule has 120 valence electrons. The van der Waals surface area contributed by atoms with E-state index in [1.807, 2.05) is 12.1 Å². The maximum Gasteiger partial charge on any atom is 0.256 e. The number of hydrazine groups is 2. The minimum Gasteiger partial charge on any atom is -0.497 e. The SMILES string of the molecule is COc1ccc2c(c1)N(S(=O)(=O)C1C=CCC(C)C1)N(C)N2. The molecular formula is C15H21N3O3S. The van der Waals surface area contributed by atoms with Gasteiger partial charge in [0.05, 0.1) is 18.5 Å². The van der Waals surface area contributed by atoms with E-state index in [0.29, 0.717) is 23.8 Å². The van der Waals surface area contributed by atoms with Gasteiger partial charge in [-0.05, 0) is 30.9 Å². The van der Waals surface area contributed by atoms with Crippen LogP contribution in [-0.2, 0) is 10.0 Å². The van der Waals surface area contributed by atoms with E-state index < -0.39 is 15.3 Å². The van der Waals surface area contributed by atoms with Crippen molar-refractivity contribution in [2.75, 3.05) is 24.0 Å². The number of anilines is 2. The summed E-state index contributed by atoms with van der Waals surface area (Å²) < 4.78 is 32.7. The highest BCUT2D eigenvalue weighted by Crippen LogP contribution is 2.40. The number of rotatable bonds is 3. The number of methoxy groups -OCH3 is 1. The maximum atomic E-state index is 13.1. The summed E-state index contributed by atoms with van der Waals surface area (Å²) in [4.78, 5) is 0. The summed E-state index contributed by atoms with van der Waals surface area (Å²) in [6.45, 7) is 2.08. The second-order valence-electron chi connectivity index (χ2n) is 5.85. The molecule has 0 saturated heterocycles. The summed E-state index contributed by atoms with van der Waals surface area (Å²) in [7, 11) is -0.266. The van der Waals surface area contributed by atoms with Gasteiger partial charge in [-0.25, -0.2) is 8.42 Å². The Hall–Kier alpha value is -1.73. The molecule has 7 heteroatoms. The van der Waals surface area contributed by atoms with Crippen LogP contribution in [0.3, 0.4) is 0 Å². The molecule has 1 N–H and O–H groups in total. The average Bonchev–Trinajstić information content (AvgIpc) is 2.82. The van der Waals surface area contributed by atoms with Gasteiger partial charge in [-0.1, -0.05) is 19.1 Å². The van der Waals surface area contributed by atoms with Crippen LogP contribution >= 0.6 is 0 Å². The maximum absolute atomic E-state index is 13.1. The van der Waals surface area contributed by atoms with Gasteiger partial charge < -0.3 is 4.74 Å². The zero-order valence-electron chi connectivity index (χ0n) is 13.0. The van der Waals surface area contributed by atoms with E-state index in [4.69, 9.17) is 4.74 Å². The van der Waals surface area contributed by atoms with Crippen molar-refractivity contribution in [1.29, 1.82) is 0 Å². The number of nitrogens with zero attached hydrogens (tertiary/aromatic N) is 2. The Balaban J connectivity index is 2.01. The number of fused-ring (bicyclic) bond motifs is 1. The molecule has 0 aromatic heterocycles. The molecule has 1 heterocycles. The molecule has 0 saturated carbocycles. The molecule has 0 spiro atoms. The van der Waals surface area contributed by atoms with Crippen LogP contribution in [0.5, 0.6) is 5.75 Å². The van der Waals surface area contributed by atoms with Crippen LogP contribution in [0.2, 0.25) is 0 Å². The first kappa shape index (κ1) is 15.2. The third kappa shape index (κ3) is 2.44. The molecule has 0 radical (unpaired) electrons. The van der Waals surface area contributed by atoms with E-state index in [1.54, 1.807) is 32.4 Å². The van der Waals surface area contributed by atoms with Gasteiger partial charge in [0.25, 0.3) is 10.0 Å². The number of allylic oxidation sites excluding steroid dienone is 1. The van der Waals surface area contributed by atoms with Crippen molar-refractivity contribution >= 4 is 21.4 Å². The summed E-state index contributed by atoms with van der Waals surface area (Å²) in [5.41, 5.74) is 4.40. The van der Waals surface area contributed by atoms with E-state index in [-0.39, 0.29) is 0 Å². The standard InChI is InChI=1S/C15H21N3O3S/c1-11-5-4-6-13(9-11)22(19,20)18-15-10-12(21-3)7-8-14(15)16-17(18)2/h4,6-8,10-11,13,16H,5,9H2,1-3H3. The van der Waals surface area contributed by atoms with Crippen LogP contribution in [0.15, 0.2) is 30.4 Å². The van der Waals surface area contributed by atoms with Crippen molar-refractivity contribution in [2.45, 2.75) is 25.0 Å². The first-order valence-corrected chi connectivity index (χ1v) is 8.83. The fourth-order valence-electron chi connectivity index (χ4n) is 2.96. The fourth-order valence-corrected chi connectivity index (χ4v) is 4.91. The Bertz CT molecular complexity index is 702. The van der Waals surface area contributed by atoms with Crippen LogP contribution in [0.4, 0.5) is 11.4 Å². The van der Waals surface area contributed by atoms with Gasteiger partial charge in [0.15, 0.2) is 0 Å². The van der Waals surface area contributed by atoms with Gasteiger partial charge in [0, 0.05) is 13.1 Å². The van der Waals surface area contributed by atoms with Gasteiger partial charge in [-0.2, -0.15) is 4.41 Å². The first-order valence-electron chi connectivity index (χ1n) is 7.32. The first-order chi connectivity index (χ1) is 10.4. The minimum atomic E-state index is -3.53. The van der Waals surface area contributed by atoms with Gasteiger partial charge in [-0.3, -0.25) is 5.43 Å². The molecule has 3 rings (SSSR count). The smallest absolute Gasteiger partial charge is 0.256 e. The van der Waals surface area contributed by atoms with Gasteiger partial charge >= 0.3 is 0 Å². The Morgan fingerprint density at radius 1 is 1.36 bits per heavy atom. The summed E-state index contributed by atoms with van der Waals surface area (Å²) in [5.74, 6) is 0.999. The minimum absolute atomic E-state index is 0.371. The van der Waals surface area contributed by atoms with Crippen molar-refractivity contribution in [1.82, 2.24) is 5.12 Å². The summed E-state index contributed by atoms with van der Waals surface area (Å²) in [5, 5.41) is 1.00. The molecule has 6 nitrogen and oxygen atoms in total. The number of hydrogen-bond acceptors (Lipinski definition) is 5. The molecule has 1 aromatic carbocycles. The van der Waals surface area contributed by atoms with Crippen molar-refractivity contribution in [3.05, 3.63) is 30.4 Å². The monoisotopic (exact) mass is 323 g/mol. The third-order valence-corrected chi connectivity index (χ3v) is 6.15. The molecule has 22 heavy (non-hydrogen) atoms. The average molecular weight is 323 g/mol. The molecule has 2 atom stereocenters. The summed E-state index contributed by atoms with van der Waals surface area (Å²) >= 11 is 0. The number of ether oxygens (including phenoxy) is 1. The van der Waals surface area contributed by atoms with Gasteiger partial charge in [0.1, 0.15) is 11.0 Å². The molecule has 1 aromatic rings. The van der Waals surface area contributed by atoms with Crippen molar-refractivity contribution in [3.63, 3.8) is 0 Å².